The van der Waals surface area contributed by atoms with E-state index in [0.717, 1.165) is 25.0 Å². The van der Waals surface area contributed by atoms with E-state index < -0.39 is 0 Å². The van der Waals surface area contributed by atoms with Crippen LogP contribution in [0.15, 0.2) is 36.9 Å². The van der Waals surface area contributed by atoms with E-state index in [1.807, 2.05) is 30.0 Å². The van der Waals surface area contributed by atoms with Crippen molar-refractivity contribution in [3.8, 4) is 11.8 Å². The maximum absolute atomic E-state index is 13.6. The molecule has 0 N–H and O–H groups in total. The Labute approximate surface area is 180 Å². The van der Waals surface area contributed by atoms with Gasteiger partial charge in [-0.25, -0.2) is 15.0 Å². The molecule has 9 heteroatoms. The molecular formula is C22H24N8O. The first-order chi connectivity index (χ1) is 15.1. The zero-order chi connectivity index (χ0) is 21.8. The Kier molecular flexibility index (Phi) is 5.98. The number of nitriles is 1. The molecule has 3 aromatic heterocycles. The second kappa shape index (κ2) is 9.00. The molecule has 0 spiro atoms. The van der Waals surface area contributed by atoms with Crippen molar-refractivity contribution >= 4 is 5.91 Å². The lowest BCUT2D eigenvalue weighted by atomic mass is 9.87. The minimum Gasteiger partial charge on any atom is -0.334 e. The monoisotopic (exact) mass is 416 g/mol. The van der Waals surface area contributed by atoms with Gasteiger partial charge in [0.1, 0.15) is 17.6 Å². The van der Waals surface area contributed by atoms with E-state index in [4.69, 9.17) is 5.26 Å². The number of carbonyl (C=O) groups is 1. The number of hydrogen-bond acceptors (Lipinski definition) is 7. The lowest BCUT2D eigenvalue weighted by Gasteiger charge is -2.40. The summed E-state index contributed by atoms with van der Waals surface area (Å²) < 4.78 is 0. The molecule has 0 aliphatic carbocycles. The van der Waals surface area contributed by atoms with Crippen LogP contribution in [0.25, 0.3) is 5.69 Å². The minimum absolute atomic E-state index is 0.0567. The van der Waals surface area contributed by atoms with E-state index in [2.05, 4.69) is 32.1 Å². The fourth-order valence-electron chi connectivity index (χ4n) is 4.10. The van der Waals surface area contributed by atoms with Crippen LogP contribution < -0.4 is 0 Å². The van der Waals surface area contributed by atoms with Gasteiger partial charge in [0, 0.05) is 37.1 Å². The van der Waals surface area contributed by atoms with Crippen molar-refractivity contribution in [3.05, 3.63) is 59.7 Å². The van der Waals surface area contributed by atoms with Crippen LogP contribution in [0, 0.1) is 24.2 Å². The normalized spacial score (nSPS) is 18.5. The molecule has 0 aromatic carbocycles. The SMILES string of the molecule is Cc1ccc(-n2nccn2)c(C(=O)N2CCC[C@@H](C)[C@H]2CCc2ncc(C#N)cn2)n1. The molecule has 0 bridgehead atoms. The summed E-state index contributed by atoms with van der Waals surface area (Å²) in [5.74, 6) is 0.930. The topological polar surface area (TPSA) is 113 Å². The number of aromatic nitrogens is 6. The van der Waals surface area contributed by atoms with E-state index in [9.17, 15) is 4.79 Å². The van der Waals surface area contributed by atoms with Gasteiger partial charge in [0.2, 0.25) is 0 Å². The molecule has 0 saturated carbocycles. The Bertz CT molecular complexity index is 1090. The first kappa shape index (κ1) is 20.6. The number of hydrogen-bond donors (Lipinski definition) is 0. The van der Waals surface area contributed by atoms with Crippen molar-refractivity contribution in [1.82, 2.24) is 34.8 Å². The van der Waals surface area contributed by atoms with Gasteiger partial charge in [0.05, 0.1) is 18.0 Å². The summed E-state index contributed by atoms with van der Waals surface area (Å²) in [6.07, 6.45) is 9.65. The Hall–Kier alpha value is -3.67. The summed E-state index contributed by atoms with van der Waals surface area (Å²) >= 11 is 0. The van der Waals surface area contributed by atoms with Crippen molar-refractivity contribution in [2.24, 2.45) is 5.92 Å². The molecule has 4 heterocycles. The zero-order valence-electron chi connectivity index (χ0n) is 17.6. The van der Waals surface area contributed by atoms with E-state index in [1.54, 1.807) is 12.4 Å². The fraction of sp³-hybridized carbons (Fsp3) is 0.409. The predicted octanol–water partition coefficient (Wildman–Crippen LogP) is 2.51. The van der Waals surface area contributed by atoms with Crippen molar-refractivity contribution in [1.29, 1.82) is 5.26 Å². The summed E-state index contributed by atoms with van der Waals surface area (Å²) in [4.78, 5) is 30.1. The predicted molar refractivity (Wildman–Crippen MR) is 112 cm³/mol. The molecule has 2 atom stereocenters. The molecule has 1 saturated heterocycles. The summed E-state index contributed by atoms with van der Waals surface area (Å²) in [6, 6.07) is 5.78. The third-order valence-corrected chi connectivity index (χ3v) is 5.72. The van der Waals surface area contributed by atoms with Gasteiger partial charge < -0.3 is 4.90 Å². The molecule has 1 aliphatic heterocycles. The van der Waals surface area contributed by atoms with Crippen LogP contribution in [0.3, 0.4) is 0 Å². The van der Waals surface area contributed by atoms with Crippen molar-refractivity contribution in [2.75, 3.05) is 6.54 Å². The molecule has 31 heavy (non-hydrogen) atoms. The molecule has 0 radical (unpaired) electrons. The number of likely N-dealkylation sites (tertiary alicyclic amines) is 1. The van der Waals surface area contributed by atoms with Gasteiger partial charge in [-0.15, -0.1) is 4.80 Å². The molecular weight excluding hydrogens is 392 g/mol. The quantitative estimate of drug-likeness (QED) is 0.628. The third kappa shape index (κ3) is 4.43. The smallest absolute Gasteiger partial charge is 0.275 e. The highest BCUT2D eigenvalue weighted by molar-refractivity contribution is 5.96. The van der Waals surface area contributed by atoms with Crippen LogP contribution >= 0.6 is 0 Å². The standard InChI is InChI=1S/C22H24N8O/c1-15-4-3-11-29(18(15)7-8-20-24-13-17(12-23)14-25-20)22(31)21-19(6-5-16(2)28-21)30-26-9-10-27-30/h5-6,9-10,13-15,18H,3-4,7-8,11H2,1-2H3/t15-,18-/m1/s1. The second-order valence-corrected chi connectivity index (χ2v) is 7.86. The molecule has 9 nitrogen and oxygen atoms in total. The van der Waals surface area contributed by atoms with Gasteiger partial charge >= 0.3 is 0 Å². The number of aryl methyl sites for hydroxylation is 2. The lowest BCUT2D eigenvalue weighted by molar-refractivity contribution is 0.0492. The molecule has 3 aromatic rings. The average Bonchev–Trinajstić information content (AvgIpc) is 3.32. The molecule has 1 fully saturated rings. The summed E-state index contributed by atoms with van der Waals surface area (Å²) in [5.41, 5.74) is 2.15. The Morgan fingerprint density at radius 2 is 1.97 bits per heavy atom. The van der Waals surface area contributed by atoms with Crippen LogP contribution in [0.5, 0.6) is 0 Å². The number of amides is 1. The van der Waals surface area contributed by atoms with E-state index in [-0.39, 0.29) is 11.9 Å². The van der Waals surface area contributed by atoms with Crippen LogP contribution in [0.2, 0.25) is 0 Å². The van der Waals surface area contributed by atoms with Gasteiger partial charge in [-0.3, -0.25) is 4.79 Å². The highest BCUT2D eigenvalue weighted by Gasteiger charge is 2.34. The molecule has 1 amide bonds. The molecule has 4 rings (SSSR count). The van der Waals surface area contributed by atoms with Gasteiger partial charge in [-0.05, 0) is 44.2 Å². The summed E-state index contributed by atoms with van der Waals surface area (Å²) in [6.45, 7) is 4.74. The van der Waals surface area contributed by atoms with Crippen molar-refractivity contribution in [2.45, 2.75) is 45.6 Å². The summed E-state index contributed by atoms with van der Waals surface area (Å²) in [5, 5.41) is 17.3. The number of carbonyl (C=O) groups excluding carboxylic acids is 1. The number of rotatable bonds is 5. The largest absolute Gasteiger partial charge is 0.334 e. The van der Waals surface area contributed by atoms with Crippen molar-refractivity contribution in [3.63, 3.8) is 0 Å². The van der Waals surface area contributed by atoms with Gasteiger partial charge in [0.25, 0.3) is 5.91 Å². The Morgan fingerprint density at radius 1 is 1.23 bits per heavy atom. The van der Waals surface area contributed by atoms with Crippen LogP contribution in [0.1, 0.15) is 53.8 Å². The van der Waals surface area contributed by atoms with E-state index in [1.165, 1.54) is 17.2 Å². The van der Waals surface area contributed by atoms with E-state index >= 15 is 0 Å². The van der Waals surface area contributed by atoms with Crippen LogP contribution in [-0.2, 0) is 6.42 Å². The van der Waals surface area contributed by atoms with Gasteiger partial charge in [-0.2, -0.15) is 15.5 Å². The fourth-order valence-corrected chi connectivity index (χ4v) is 4.10. The number of pyridine rings is 1. The van der Waals surface area contributed by atoms with Gasteiger partial charge in [0.15, 0.2) is 5.69 Å². The van der Waals surface area contributed by atoms with Crippen LogP contribution in [0.4, 0.5) is 0 Å². The second-order valence-electron chi connectivity index (χ2n) is 7.86. The first-order valence-corrected chi connectivity index (χ1v) is 10.4. The number of nitrogens with zero attached hydrogens (tertiary/aromatic N) is 8. The molecule has 0 unspecified atom stereocenters. The van der Waals surface area contributed by atoms with Crippen LogP contribution in [-0.4, -0.2) is 53.3 Å². The summed E-state index contributed by atoms with van der Waals surface area (Å²) in [7, 11) is 0. The van der Waals surface area contributed by atoms with E-state index in [0.29, 0.717) is 41.7 Å². The molecule has 1 aliphatic rings. The van der Waals surface area contributed by atoms with Crippen molar-refractivity contribution < 1.29 is 4.79 Å². The lowest BCUT2D eigenvalue weighted by Crippen LogP contribution is -2.48. The zero-order valence-corrected chi connectivity index (χ0v) is 17.6. The molecule has 158 valence electrons. The van der Waals surface area contributed by atoms with Gasteiger partial charge in [-0.1, -0.05) is 6.92 Å². The Balaban J connectivity index is 1.58. The first-order valence-electron chi connectivity index (χ1n) is 10.4. The highest BCUT2D eigenvalue weighted by atomic mass is 16.2. The average molecular weight is 416 g/mol. The highest BCUT2D eigenvalue weighted by Crippen LogP contribution is 2.28. The third-order valence-electron chi connectivity index (χ3n) is 5.72. The minimum atomic E-state index is -0.103. The maximum atomic E-state index is 13.6. The Morgan fingerprint density at radius 3 is 2.68 bits per heavy atom. The number of piperidine rings is 1. The maximum Gasteiger partial charge on any atom is 0.275 e.